The second-order valence-electron chi connectivity index (χ2n) is 5.89. The normalized spacial score (nSPS) is 27.4. The van der Waals surface area contributed by atoms with Gasteiger partial charge in [-0.3, -0.25) is 4.79 Å². The minimum absolute atomic E-state index is 0.116. The third kappa shape index (κ3) is 3.25. The number of carbonyl (C=O) groups is 1. The number of halogens is 1. The molecule has 0 spiro atoms. The molecular formula is C16H19ClN2O3. The van der Waals surface area contributed by atoms with Gasteiger partial charge in [-0.2, -0.15) is 0 Å². The van der Waals surface area contributed by atoms with Crippen molar-refractivity contribution in [2.24, 2.45) is 5.16 Å². The molecule has 2 aliphatic rings. The van der Waals surface area contributed by atoms with Gasteiger partial charge in [0.05, 0.1) is 11.8 Å². The van der Waals surface area contributed by atoms with Crippen molar-refractivity contribution in [3.8, 4) is 0 Å². The second-order valence-corrected chi connectivity index (χ2v) is 6.33. The first-order valence-electron chi connectivity index (χ1n) is 7.48. The van der Waals surface area contributed by atoms with E-state index in [1.165, 1.54) is 0 Å². The quantitative estimate of drug-likeness (QED) is 0.926. The highest BCUT2D eigenvalue weighted by Crippen LogP contribution is 2.27. The zero-order valence-electron chi connectivity index (χ0n) is 12.5. The zero-order valence-corrected chi connectivity index (χ0v) is 13.2. The van der Waals surface area contributed by atoms with Gasteiger partial charge in [0.15, 0.2) is 0 Å². The number of nitrogens with one attached hydrogen (secondary N) is 1. The number of hydrogen-bond donors (Lipinski definition) is 1. The lowest BCUT2D eigenvalue weighted by Crippen LogP contribution is -2.46. The van der Waals surface area contributed by atoms with Crippen molar-refractivity contribution in [3.63, 3.8) is 0 Å². The van der Waals surface area contributed by atoms with Crippen molar-refractivity contribution < 1.29 is 14.4 Å². The number of rotatable bonds is 4. The van der Waals surface area contributed by atoms with Gasteiger partial charge >= 0.3 is 0 Å². The van der Waals surface area contributed by atoms with Gasteiger partial charge in [-0.1, -0.05) is 28.9 Å². The highest BCUT2D eigenvalue weighted by Gasteiger charge is 2.42. The molecule has 0 saturated carbocycles. The van der Waals surface area contributed by atoms with Crippen LogP contribution in [0.4, 0.5) is 0 Å². The van der Waals surface area contributed by atoms with Gasteiger partial charge in [0.25, 0.3) is 5.91 Å². The fourth-order valence-corrected chi connectivity index (χ4v) is 2.78. The smallest absolute Gasteiger partial charge is 0.267 e. The highest BCUT2D eigenvalue weighted by molar-refractivity contribution is 6.30. The van der Waals surface area contributed by atoms with Gasteiger partial charge in [-0.05, 0) is 37.5 Å². The van der Waals surface area contributed by atoms with E-state index in [2.05, 4.69) is 10.5 Å². The van der Waals surface area contributed by atoms with E-state index < -0.39 is 5.60 Å². The molecule has 1 N–H and O–H groups in total. The molecule has 1 amide bonds. The molecule has 1 saturated heterocycles. The van der Waals surface area contributed by atoms with Gasteiger partial charge in [0.1, 0.15) is 0 Å². The molecule has 6 heteroatoms. The molecule has 2 heterocycles. The first-order valence-corrected chi connectivity index (χ1v) is 7.85. The van der Waals surface area contributed by atoms with E-state index >= 15 is 0 Å². The predicted molar refractivity (Wildman–Crippen MR) is 84.1 cm³/mol. The van der Waals surface area contributed by atoms with Crippen molar-refractivity contribution in [3.05, 3.63) is 34.9 Å². The van der Waals surface area contributed by atoms with Crippen LogP contribution in [0.25, 0.3) is 0 Å². The van der Waals surface area contributed by atoms with Gasteiger partial charge in [-0.25, -0.2) is 0 Å². The van der Waals surface area contributed by atoms with E-state index in [1.54, 1.807) is 19.1 Å². The minimum atomic E-state index is -0.965. The fourth-order valence-electron chi connectivity index (χ4n) is 2.66. The van der Waals surface area contributed by atoms with Crippen LogP contribution in [0.3, 0.4) is 0 Å². The molecular weight excluding hydrogens is 304 g/mol. The third-order valence-corrected chi connectivity index (χ3v) is 4.29. The van der Waals surface area contributed by atoms with Crippen molar-refractivity contribution >= 4 is 23.2 Å². The molecule has 0 aliphatic carbocycles. The lowest BCUT2D eigenvalue weighted by Gasteiger charge is -2.21. The van der Waals surface area contributed by atoms with Crippen LogP contribution in [0.15, 0.2) is 29.4 Å². The van der Waals surface area contributed by atoms with Crippen molar-refractivity contribution in [1.29, 1.82) is 0 Å². The summed E-state index contributed by atoms with van der Waals surface area (Å²) in [7, 11) is 0. The Balaban J connectivity index is 1.58. The zero-order chi connectivity index (χ0) is 15.6. The summed E-state index contributed by atoms with van der Waals surface area (Å²) in [4.78, 5) is 17.8. The first kappa shape index (κ1) is 15.3. The Morgan fingerprint density at radius 1 is 1.45 bits per heavy atom. The number of carbonyl (C=O) groups excluding carboxylic acids is 1. The Hall–Kier alpha value is -1.59. The number of nitrogens with zero attached hydrogens (tertiary/aromatic N) is 1. The van der Waals surface area contributed by atoms with Crippen LogP contribution in [0.1, 0.15) is 31.7 Å². The first-order chi connectivity index (χ1) is 10.6. The number of hydrogen-bond acceptors (Lipinski definition) is 4. The molecule has 5 nitrogen and oxygen atoms in total. The summed E-state index contributed by atoms with van der Waals surface area (Å²) in [6.07, 6.45) is 2.60. The van der Waals surface area contributed by atoms with Crippen LogP contribution in [-0.4, -0.2) is 36.5 Å². The van der Waals surface area contributed by atoms with Crippen LogP contribution in [0.5, 0.6) is 0 Å². The van der Waals surface area contributed by atoms with Gasteiger partial charge in [0.2, 0.25) is 5.60 Å². The number of ether oxygens (including phenoxy) is 1. The maximum Gasteiger partial charge on any atom is 0.267 e. The Morgan fingerprint density at radius 3 is 2.91 bits per heavy atom. The molecule has 118 valence electrons. The monoisotopic (exact) mass is 322 g/mol. The van der Waals surface area contributed by atoms with Crippen LogP contribution in [0, 0.1) is 0 Å². The summed E-state index contributed by atoms with van der Waals surface area (Å²) >= 11 is 5.88. The summed E-state index contributed by atoms with van der Waals surface area (Å²) < 4.78 is 5.50. The van der Waals surface area contributed by atoms with Gasteiger partial charge < -0.3 is 14.9 Å². The summed E-state index contributed by atoms with van der Waals surface area (Å²) in [5.41, 5.74) is 0.708. The lowest BCUT2D eigenvalue weighted by molar-refractivity contribution is -0.142. The van der Waals surface area contributed by atoms with Crippen LogP contribution in [0.2, 0.25) is 5.02 Å². The average molecular weight is 323 g/mol. The average Bonchev–Trinajstić information content (AvgIpc) is 3.16. The van der Waals surface area contributed by atoms with Crippen LogP contribution < -0.4 is 5.32 Å². The molecule has 1 aromatic rings. The summed E-state index contributed by atoms with van der Waals surface area (Å²) in [5.74, 6) is -0.157. The lowest BCUT2D eigenvalue weighted by atomic mass is 9.95. The summed E-state index contributed by atoms with van der Waals surface area (Å²) in [6, 6.07) is 7.35. The summed E-state index contributed by atoms with van der Waals surface area (Å²) in [6.45, 7) is 3.05. The SMILES string of the molecule is CC1(C(=O)NCC2CCCO2)CC(c2ccc(Cl)cc2)=NO1. The maximum atomic E-state index is 12.4. The number of amides is 1. The molecule has 2 atom stereocenters. The van der Waals surface area contributed by atoms with Crippen molar-refractivity contribution in [2.75, 3.05) is 13.2 Å². The molecule has 1 aromatic carbocycles. The van der Waals surface area contributed by atoms with Gasteiger partial charge in [-0.15, -0.1) is 0 Å². The maximum absolute atomic E-state index is 12.4. The van der Waals surface area contributed by atoms with E-state index in [0.717, 1.165) is 30.7 Å². The Bertz CT molecular complexity index is 582. The summed E-state index contributed by atoms with van der Waals surface area (Å²) in [5, 5.41) is 7.64. The van der Waals surface area contributed by atoms with Crippen LogP contribution in [-0.2, 0) is 14.4 Å². The molecule has 22 heavy (non-hydrogen) atoms. The number of benzene rings is 1. The molecule has 0 aromatic heterocycles. The van der Waals surface area contributed by atoms with E-state index in [-0.39, 0.29) is 12.0 Å². The molecule has 2 aliphatic heterocycles. The standard InChI is InChI=1S/C16H19ClN2O3/c1-16(15(20)18-10-13-3-2-8-21-13)9-14(19-22-16)11-4-6-12(17)7-5-11/h4-7,13H,2-3,8-10H2,1H3,(H,18,20). The van der Waals surface area contributed by atoms with Gasteiger partial charge in [0, 0.05) is 24.6 Å². The largest absolute Gasteiger partial charge is 0.379 e. The Morgan fingerprint density at radius 2 is 2.23 bits per heavy atom. The van der Waals surface area contributed by atoms with Crippen molar-refractivity contribution in [2.45, 2.75) is 37.9 Å². The highest BCUT2D eigenvalue weighted by atomic mass is 35.5. The number of oxime groups is 1. The fraction of sp³-hybridized carbons (Fsp3) is 0.500. The third-order valence-electron chi connectivity index (χ3n) is 4.03. The van der Waals surface area contributed by atoms with E-state index in [9.17, 15) is 4.79 Å². The molecule has 1 fully saturated rings. The van der Waals surface area contributed by atoms with Crippen molar-refractivity contribution in [1.82, 2.24) is 5.32 Å². The van der Waals surface area contributed by atoms with E-state index in [1.807, 2.05) is 12.1 Å². The second kappa shape index (κ2) is 6.26. The molecule has 2 unspecified atom stereocenters. The minimum Gasteiger partial charge on any atom is -0.379 e. The van der Waals surface area contributed by atoms with Crippen LogP contribution >= 0.6 is 11.6 Å². The topological polar surface area (TPSA) is 59.9 Å². The van der Waals surface area contributed by atoms with E-state index in [0.29, 0.717) is 18.0 Å². The Kier molecular flexibility index (Phi) is 4.36. The van der Waals surface area contributed by atoms with E-state index in [4.69, 9.17) is 21.2 Å². The predicted octanol–water partition coefficient (Wildman–Crippen LogP) is 2.52. The Labute approximate surface area is 134 Å². The molecule has 0 bridgehead atoms. The molecule has 3 rings (SSSR count). The molecule has 0 radical (unpaired) electrons.